The zero-order valence-electron chi connectivity index (χ0n) is 10.7. The summed E-state index contributed by atoms with van der Waals surface area (Å²) in [4.78, 5) is 0. The van der Waals surface area contributed by atoms with Gasteiger partial charge >= 0.3 is 0 Å². The summed E-state index contributed by atoms with van der Waals surface area (Å²) in [6.45, 7) is 3.85. The third-order valence-corrected chi connectivity index (χ3v) is 3.88. The van der Waals surface area contributed by atoms with Gasteiger partial charge in [0.2, 0.25) is 0 Å². The van der Waals surface area contributed by atoms with E-state index in [2.05, 4.69) is 28.2 Å². The van der Waals surface area contributed by atoms with Gasteiger partial charge in [-0.1, -0.05) is 22.9 Å². The van der Waals surface area contributed by atoms with Crippen molar-refractivity contribution in [3.8, 4) is 5.75 Å². The Balaban J connectivity index is 2.00. The highest BCUT2D eigenvalue weighted by Crippen LogP contribution is 2.29. The van der Waals surface area contributed by atoms with E-state index in [1.807, 2.05) is 12.1 Å². The van der Waals surface area contributed by atoms with E-state index in [9.17, 15) is 5.11 Å². The molecule has 0 radical (unpaired) electrons. The van der Waals surface area contributed by atoms with Gasteiger partial charge in [-0.05, 0) is 37.5 Å². The second kappa shape index (κ2) is 6.55. The Morgan fingerprint density at radius 2 is 2.39 bits per heavy atom. The van der Waals surface area contributed by atoms with Crippen LogP contribution in [-0.2, 0) is 4.74 Å². The molecule has 18 heavy (non-hydrogen) atoms. The maximum atomic E-state index is 9.94. The van der Waals surface area contributed by atoms with Crippen LogP contribution >= 0.6 is 15.9 Å². The molecule has 2 atom stereocenters. The molecule has 2 unspecified atom stereocenters. The fourth-order valence-electron chi connectivity index (χ4n) is 2.36. The van der Waals surface area contributed by atoms with Crippen molar-refractivity contribution in [2.75, 3.05) is 13.2 Å². The predicted molar refractivity (Wildman–Crippen MR) is 75.8 cm³/mol. The summed E-state index contributed by atoms with van der Waals surface area (Å²) in [5.41, 5.74) is 0.949. The Labute approximate surface area is 117 Å². The molecule has 0 aromatic heterocycles. The smallest absolute Gasteiger partial charge is 0.120 e. The van der Waals surface area contributed by atoms with Crippen LogP contribution in [0.5, 0.6) is 5.75 Å². The quantitative estimate of drug-likeness (QED) is 0.875. The lowest BCUT2D eigenvalue weighted by atomic mass is 10.0. The minimum Gasteiger partial charge on any atom is -0.508 e. The monoisotopic (exact) mass is 313 g/mol. The Kier molecular flexibility index (Phi) is 5.03. The minimum atomic E-state index is 0.173. The Hall–Kier alpha value is -0.580. The Morgan fingerprint density at radius 1 is 1.56 bits per heavy atom. The van der Waals surface area contributed by atoms with Gasteiger partial charge in [0, 0.05) is 29.2 Å². The van der Waals surface area contributed by atoms with E-state index in [1.54, 1.807) is 6.07 Å². The molecule has 1 aromatic carbocycles. The number of ether oxygens (including phenoxy) is 1. The summed E-state index contributed by atoms with van der Waals surface area (Å²) in [6.07, 6.45) is 3.56. The van der Waals surface area contributed by atoms with Crippen molar-refractivity contribution in [2.24, 2.45) is 0 Å². The molecular weight excluding hydrogens is 294 g/mol. The van der Waals surface area contributed by atoms with Crippen molar-refractivity contribution in [3.05, 3.63) is 28.2 Å². The van der Waals surface area contributed by atoms with Crippen LogP contribution in [0.4, 0.5) is 0 Å². The third kappa shape index (κ3) is 3.46. The number of hydrogen-bond donors (Lipinski definition) is 2. The van der Waals surface area contributed by atoms with Gasteiger partial charge in [-0.3, -0.25) is 0 Å². The molecule has 1 heterocycles. The van der Waals surface area contributed by atoms with Crippen molar-refractivity contribution in [2.45, 2.75) is 38.3 Å². The van der Waals surface area contributed by atoms with Gasteiger partial charge in [-0.2, -0.15) is 0 Å². The lowest BCUT2D eigenvalue weighted by molar-refractivity contribution is 0.107. The first-order chi connectivity index (χ1) is 8.70. The molecule has 100 valence electrons. The molecular formula is C14H20BrNO2. The molecule has 1 aliphatic rings. The van der Waals surface area contributed by atoms with Gasteiger partial charge in [-0.15, -0.1) is 0 Å². The number of benzene rings is 1. The normalized spacial score (nSPS) is 21.1. The lowest BCUT2D eigenvalue weighted by Crippen LogP contribution is -2.29. The van der Waals surface area contributed by atoms with Crippen molar-refractivity contribution in [3.63, 3.8) is 0 Å². The Morgan fingerprint density at radius 3 is 3.06 bits per heavy atom. The van der Waals surface area contributed by atoms with Crippen LogP contribution in [0.25, 0.3) is 0 Å². The number of halogens is 1. The first-order valence-electron chi connectivity index (χ1n) is 6.54. The van der Waals surface area contributed by atoms with Crippen LogP contribution in [-0.4, -0.2) is 24.4 Å². The van der Waals surface area contributed by atoms with E-state index < -0.39 is 0 Å². The first kappa shape index (κ1) is 13.8. The SMILES string of the molecule is CCC(NCC1CCCO1)c1cc(Br)ccc1O. The molecule has 3 nitrogen and oxygen atoms in total. The summed E-state index contributed by atoms with van der Waals surface area (Å²) < 4.78 is 6.60. The van der Waals surface area contributed by atoms with Gasteiger partial charge in [0.15, 0.2) is 0 Å². The molecule has 0 spiro atoms. The van der Waals surface area contributed by atoms with E-state index in [-0.39, 0.29) is 6.04 Å². The Bertz CT molecular complexity index is 391. The van der Waals surface area contributed by atoms with E-state index >= 15 is 0 Å². The van der Waals surface area contributed by atoms with Crippen molar-refractivity contribution in [1.82, 2.24) is 5.32 Å². The second-order valence-electron chi connectivity index (χ2n) is 4.71. The zero-order chi connectivity index (χ0) is 13.0. The van der Waals surface area contributed by atoms with E-state index in [0.717, 1.165) is 42.5 Å². The van der Waals surface area contributed by atoms with Gasteiger partial charge in [0.1, 0.15) is 5.75 Å². The number of hydrogen-bond acceptors (Lipinski definition) is 3. The van der Waals surface area contributed by atoms with E-state index in [4.69, 9.17) is 4.74 Å². The van der Waals surface area contributed by atoms with E-state index in [1.165, 1.54) is 0 Å². The van der Waals surface area contributed by atoms with Crippen LogP contribution in [0, 0.1) is 0 Å². The molecule has 1 aromatic rings. The molecule has 2 rings (SSSR count). The molecule has 0 bridgehead atoms. The van der Waals surface area contributed by atoms with Gasteiger partial charge in [0.05, 0.1) is 6.10 Å². The summed E-state index contributed by atoms with van der Waals surface area (Å²) >= 11 is 3.45. The van der Waals surface area contributed by atoms with Crippen molar-refractivity contribution in [1.29, 1.82) is 0 Å². The van der Waals surface area contributed by atoms with Gasteiger partial charge in [0.25, 0.3) is 0 Å². The molecule has 1 aliphatic heterocycles. The topological polar surface area (TPSA) is 41.5 Å². The lowest BCUT2D eigenvalue weighted by Gasteiger charge is -2.21. The van der Waals surface area contributed by atoms with Gasteiger partial charge in [-0.25, -0.2) is 0 Å². The highest BCUT2D eigenvalue weighted by atomic mass is 79.9. The molecule has 1 saturated heterocycles. The van der Waals surface area contributed by atoms with Crippen LogP contribution in [0.15, 0.2) is 22.7 Å². The van der Waals surface area contributed by atoms with Crippen molar-refractivity contribution >= 4 is 15.9 Å². The summed E-state index contributed by atoms with van der Waals surface area (Å²) in [5.74, 6) is 0.352. The summed E-state index contributed by atoms with van der Waals surface area (Å²) in [7, 11) is 0. The summed E-state index contributed by atoms with van der Waals surface area (Å²) in [6, 6.07) is 5.74. The van der Waals surface area contributed by atoms with Crippen LogP contribution in [0.1, 0.15) is 37.8 Å². The summed E-state index contributed by atoms with van der Waals surface area (Å²) in [5, 5.41) is 13.4. The van der Waals surface area contributed by atoms with Crippen LogP contribution < -0.4 is 5.32 Å². The average Bonchev–Trinajstić information content (AvgIpc) is 2.87. The second-order valence-corrected chi connectivity index (χ2v) is 5.62. The fraction of sp³-hybridized carbons (Fsp3) is 0.571. The van der Waals surface area contributed by atoms with E-state index in [0.29, 0.717) is 11.9 Å². The molecule has 1 fully saturated rings. The predicted octanol–water partition coefficient (Wildman–Crippen LogP) is 3.37. The number of phenolic OH excluding ortho intramolecular Hbond substituents is 1. The number of aromatic hydroxyl groups is 1. The maximum absolute atomic E-state index is 9.94. The zero-order valence-corrected chi connectivity index (χ0v) is 12.2. The minimum absolute atomic E-state index is 0.173. The molecule has 4 heteroatoms. The molecule has 0 aliphatic carbocycles. The molecule has 0 amide bonds. The first-order valence-corrected chi connectivity index (χ1v) is 7.33. The molecule has 2 N–H and O–H groups in total. The standard InChI is InChI=1S/C14H20BrNO2/c1-2-13(16-9-11-4-3-7-18-11)12-8-10(15)5-6-14(12)17/h5-6,8,11,13,16-17H,2-4,7,9H2,1H3. The van der Waals surface area contributed by atoms with Crippen LogP contribution in [0.2, 0.25) is 0 Å². The third-order valence-electron chi connectivity index (χ3n) is 3.39. The van der Waals surface area contributed by atoms with Gasteiger partial charge < -0.3 is 15.2 Å². The number of phenols is 1. The largest absolute Gasteiger partial charge is 0.508 e. The maximum Gasteiger partial charge on any atom is 0.120 e. The number of rotatable bonds is 5. The highest BCUT2D eigenvalue weighted by molar-refractivity contribution is 9.10. The molecule has 0 saturated carbocycles. The highest BCUT2D eigenvalue weighted by Gasteiger charge is 2.19. The number of nitrogens with one attached hydrogen (secondary N) is 1. The van der Waals surface area contributed by atoms with Crippen molar-refractivity contribution < 1.29 is 9.84 Å². The fourth-order valence-corrected chi connectivity index (χ4v) is 2.74. The van der Waals surface area contributed by atoms with Crippen LogP contribution in [0.3, 0.4) is 0 Å². The average molecular weight is 314 g/mol.